The molecule has 1 N–H and O–H groups in total. The Morgan fingerprint density at radius 1 is 1.06 bits per heavy atom. The number of amides is 2. The van der Waals surface area contributed by atoms with Crippen molar-refractivity contribution in [2.75, 3.05) is 23.4 Å². The molecule has 0 unspecified atom stereocenters. The van der Waals surface area contributed by atoms with Crippen molar-refractivity contribution in [2.45, 2.75) is 0 Å². The third-order valence-corrected chi connectivity index (χ3v) is 5.86. The summed E-state index contributed by atoms with van der Waals surface area (Å²) in [6, 6.07) is 20.3. The molecule has 8 heteroatoms. The quantitative estimate of drug-likeness (QED) is 0.465. The summed E-state index contributed by atoms with van der Waals surface area (Å²) >= 11 is 1.27. The van der Waals surface area contributed by atoms with Crippen LogP contribution in [0.2, 0.25) is 0 Å². The second-order valence-electron chi connectivity index (χ2n) is 6.81. The van der Waals surface area contributed by atoms with E-state index in [1.807, 2.05) is 36.4 Å². The van der Waals surface area contributed by atoms with Crippen LogP contribution in [0, 0.1) is 0 Å². The molecular weight excluding hydrogens is 414 g/mol. The molecule has 1 aliphatic rings. The van der Waals surface area contributed by atoms with Crippen LogP contribution in [0.5, 0.6) is 0 Å². The molecule has 1 aliphatic heterocycles. The number of benzene rings is 2. The van der Waals surface area contributed by atoms with Crippen LogP contribution in [0.15, 0.2) is 77.4 Å². The van der Waals surface area contributed by atoms with Gasteiger partial charge in [0.15, 0.2) is 10.8 Å². The van der Waals surface area contributed by atoms with Gasteiger partial charge < -0.3 is 14.5 Å². The van der Waals surface area contributed by atoms with E-state index in [0.717, 1.165) is 5.56 Å². The molecular formula is C23H17N3O4S. The van der Waals surface area contributed by atoms with Gasteiger partial charge >= 0.3 is 6.09 Å². The van der Waals surface area contributed by atoms with E-state index < -0.39 is 0 Å². The molecule has 0 saturated carbocycles. The number of furan rings is 1. The molecule has 2 amide bonds. The molecule has 154 valence electrons. The first-order valence-corrected chi connectivity index (χ1v) is 10.5. The number of aromatic nitrogens is 1. The molecule has 2 aromatic carbocycles. The van der Waals surface area contributed by atoms with Crippen LogP contribution in [0.25, 0.3) is 22.0 Å². The van der Waals surface area contributed by atoms with Crippen LogP contribution in [0.1, 0.15) is 9.67 Å². The molecule has 31 heavy (non-hydrogen) atoms. The monoisotopic (exact) mass is 431 g/mol. The third-order valence-electron chi connectivity index (χ3n) is 4.79. The SMILES string of the molecule is O=C(Nc1cccc(N2CCOC2=O)c1)c1sc(-c2ccco2)nc1-c1ccccc1. The van der Waals surface area contributed by atoms with Crippen molar-refractivity contribution in [3.63, 3.8) is 0 Å². The molecule has 0 radical (unpaired) electrons. The van der Waals surface area contributed by atoms with Gasteiger partial charge in [-0.15, -0.1) is 11.3 Å². The van der Waals surface area contributed by atoms with E-state index in [4.69, 9.17) is 9.15 Å². The predicted octanol–water partition coefficient (Wildman–Crippen LogP) is 5.28. The topological polar surface area (TPSA) is 84.7 Å². The second-order valence-corrected chi connectivity index (χ2v) is 7.81. The maximum atomic E-state index is 13.2. The molecule has 0 spiro atoms. The third kappa shape index (κ3) is 3.80. The van der Waals surface area contributed by atoms with Gasteiger partial charge in [-0.1, -0.05) is 36.4 Å². The lowest BCUT2D eigenvalue weighted by Crippen LogP contribution is -2.23. The van der Waals surface area contributed by atoms with Crippen molar-refractivity contribution in [1.29, 1.82) is 0 Å². The summed E-state index contributed by atoms with van der Waals surface area (Å²) in [4.78, 5) is 31.7. The van der Waals surface area contributed by atoms with Gasteiger partial charge in [-0.2, -0.15) is 0 Å². The Labute approximate surface area is 181 Å². The van der Waals surface area contributed by atoms with Crippen LogP contribution in [-0.4, -0.2) is 30.1 Å². The van der Waals surface area contributed by atoms with Gasteiger partial charge in [0.1, 0.15) is 11.5 Å². The van der Waals surface area contributed by atoms with E-state index in [-0.39, 0.29) is 12.0 Å². The first-order chi connectivity index (χ1) is 15.2. The number of cyclic esters (lactones) is 1. The highest BCUT2D eigenvalue weighted by Crippen LogP contribution is 2.35. The van der Waals surface area contributed by atoms with Crippen molar-refractivity contribution in [3.8, 4) is 22.0 Å². The van der Waals surface area contributed by atoms with Gasteiger partial charge in [-0.05, 0) is 30.3 Å². The highest BCUT2D eigenvalue weighted by Gasteiger charge is 2.25. The molecule has 0 aliphatic carbocycles. The number of ether oxygens (including phenoxy) is 1. The van der Waals surface area contributed by atoms with E-state index >= 15 is 0 Å². The molecule has 2 aromatic heterocycles. The number of thiazole rings is 1. The Balaban J connectivity index is 1.47. The van der Waals surface area contributed by atoms with Crippen LogP contribution in [-0.2, 0) is 4.74 Å². The van der Waals surface area contributed by atoms with Gasteiger partial charge in [-0.3, -0.25) is 9.69 Å². The van der Waals surface area contributed by atoms with Crippen molar-refractivity contribution in [3.05, 3.63) is 77.9 Å². The summed E-state index contributed by atoms with van der Waals surface area (Å²) in [6.45, 7) is 0.835. The lowest BCUT2D eigenvalue weighted by Gasteiger charge is -2.14. The minimum absolute atomic E-state index is 0.282. The number of carbonyl (C=O) groups is 2. The summed E-state index contributed by atoms with van der Waals surface area (Å²) in [5.74, 6) is 0.325. The van der Waals surface area contributed by atoms with E-state index in [0.29, 0.717) is 45.9 Å². The van der Waals surface area contributed by atoms with Crippen LogP contribution in [0.4, 0.5) is 16.2 Å². The Kier molecular flexibility index (Phi) is 4.97. The first kappa shape index (κ1) is 19.1. The average Bonchev–Trinajstić information content (AvgIpc) is 3.55. The normalized spacial score (nSPS) is 13.3. The molecule has 4 aromatic rings. The Morgan fingerprint density at radius 2 is 1.94 bits per heavy atom. The predicted molar refractivity (Wildman–Crippen MR) is 118 cm³/mol. The maximum absolute atomic E-state index is 13.2. The fraction of sp³-hybridized carbons (Fsp3) is 0.0870. The fourth-order valence-electron chi connectivity index (χ4n) is 3.34. The summed E-state index contributed by atoms with van der Waals surface area (Å²) in [6.07, 6.45) is 1.19. The molecule has 1 saturated heterocycles. The summed E-state index contributed by atoms with van der Waals surface area (Å²) in [7, 11) is 0. The van der Waals surface area contributed by atoms with Crippen molar-refractivity contribution < 1.29 is 18.7 Å². The van der Waals surface area contributed by atoms with Crippen molar-refractivity contribution in [2.24, 2.45) is 0 Å². The number of hydrogen-bond acceptors (Lipinski definition) is 6. The minimum atomic E-state index is -0.389. The smallest absolute Gasteiger partial charge is 0.414 e. The number of hydrogen-bond donors (Lipinski definition) is 1. The number of carbonyl (C=O) groups excluding carboxylic acids is 2. The summed E-state index contributed by atoms with van der Waals surface area (Å²) in [5.41, 5.74) is 2.68. The zero-order chi connectivity index (χ0) is 21.2. The van der Waals surface area contributed by atoms with E-state index in [1.165, 1.54) is 16.2 Å². The molecule has 1 fully saturated rings. The summed E-state index contributed by atoms with van der Waals surface area (Å²) in [5, 5.41) is 3.56. The lowest BCUT2D eigenvalue weighted by molar-refractivity contribution is 0.103. The molecule has 3 heterocycles. The van der Waals surface area contributed by atoms with E-state index in [1.54, 1.807) is 36.6 Å². The number of nitrogens with one attached hydrogen (secondary N) is 1. The van der Waals surface area contributed by atoms with Gasteiger partial charge in [0.05, 0.1) is 18.5 Å². The largest absolute Gasteiger partial charge is 0.462 e. The average molecular weight is 431 g/mol. The Hall–Kier alpha value is -3.91. The summed E-state index contributed by atoms with van der Waals surface area (Å²) < 4.78 is 10.5. The second kappa shape index (κ2) is 8.08. The van der Waals surface area contributed by atoms with Crippen molar-refractivity contribution in [1.82, 2.24) is 4.98 Å². The molecule has 7 nitrogen and oxygen atoms in total. The first-order valence-electron chi connectivity index (χ1n) is 9.65. The van der Waals surface area contributed by atoms with Crippen molar-refractivity contribution >= 4 is 34.7 Å². The minimum Gasteiger partial charge on any atom is -0.462 e. The lowest BCUT2D eigenvalue weighted by atomic mass is 10.1. The molecule has 0 bridgehead atoms. The Morgan fingerprint density at radius 3 is 2.68 bits per heavy atom. The van der Waals surface area contributed by atoms with Gasteiger partial charge in [0, 0.05) is 16.9 Å². The van der Waals surface area contributed by atoms with Gasteiger partial charge in [-0.25, -0.2) is 9.78 Å². The van der Waals surface area contributed by atoms with E-state index in [9.17, 15) is 9.59 Å². The van der Waals surface area contributed by atoms with Crippen LogP contribution in [0.3, 0.4) is 0 Å². The number of rotatable bonds is 5. The van der Waals surface area contributed by atoms with Crippen LogP contribution >= 0.6 is 11.3 Å². The molecule has 0 atom stereocenters. The zero-order valence-electron chi connectivity index (χ0n) is 16.3. The standard InChI is InChI=1S/C23H17N3O4S/c27-21(24-16-8-4-9-17(14-16)26-11-13-30-23(26)28)20-19(15-6-2-1-3-7-15)25-22(31-20)18-10-5-12-29-18/h1-10,12,14H,11,13H2,(H,24,27). The highest BCUT2D eigenvalue weighted by atomic mass is 32.1. The number of nitrogens with zero attached hydrogens (tertiary/aromatic N) is 2. The zero-order valence-corrected chi connectivity index (χ0v) is 17.1. The number of anilines is 2. The van der Waals surface area contributed by atoms with E-state index in [2.05, 4.69) is 10.3 Å². The van der Waals surface area contributed by atoms with Gasteiger partial charge in [0.25, 0.3) is 5.91 Å². The highest BCUT2D eigenvalue weighted by molar-refractivity contribution is 7.17. The maximum Gasteiger partial charge on any atom is 0.414 e. The van der Waals surface area contributed by atoms with Crippen LogP contribution < -0.4 is 10.2 Å². The molecule has 5 rings (SSSR count). The van der Waals surface area contributed by atoms with Gasteiger partial charge in [0.2, 0.25) is 0 Å². The Bertz CT molecular complexity index is 1230. The fourth-order valence-corrected chi connectivity index (χ4v) is 4.29.